The predicted octanol–water partition coefficient (Wildman–Crippen LogP) is 2.06. The van der Waals surface area contributed by atoms with E-state index in [1.165, 1.54) is 0 Å². The summed E-state index contributed by atoms with van der Waals surface area (Å²) in [6.45, 7) is 3.18. The molecule has 2 aliphatic rings. The Morgan fingerprint density at radius 3 is 2.86 bits per heavy atom. The van der Waals surface area contributed by atoms with Crippen molar-refractivity contribution < 1.29 is 14.3 Å². The number of nitrogens with zero attached hydrogens (tertiary/aromatic N) is 1. The number of hydrogen-bond acceptors (Lipinski definition) is 4. The van der Waals surface area contributed by atoms with E-state index in [9.17, 15) is 4.79 Å². The van der Waals surface area contributed by atoms with E-state index in [0.29, 0.717) is 42.7 Å². The van der Waals surface area contributed by atoms with E-state index in [4.69, 9.17) is 15.2 Å². The number of nitrogens with two attached hydrogens (primary N) is 1. The minimum Gasteiger partial charge on any atom is -0.486 e. The topological polar surface area (TPSA) is 64.8 Å². The van der Waals surface area contributed by atoms with Crippen LogP contribution in [0.3, 0.4) is 0 Å². The Morgan fingerprint density at radius 1 is 1.38 bits per heavy atom. The van der Waals surface area contributed by atoms with Crippen molar-refractivity contribution in [3.05, 3.63) is 22.2 Å². The second-order valence-corrected chi connectivity index (χ2v) is 5.98. The maximum atomic E-state index is 12.5. The van der Waals surface area contributed by atoms with Crippen LogP contribution in [0.1, 0.15) is 16.8 Å². The zero-order valence-corrected chi connectivity index (χ0v) is 13.9. The van der Waals surface area contributed by atoms with Gasteiger partial charge >= 0.3 is 0 Å². The van der Waals surface area contributed by atoms with Gasteiger partial charge in [-0.1, -0.05) is 0 Å². The summed E-state index contributed by atoms with van der Waals surface area (Å²) in [4.78, 5) is 14.4. The van der Waals surface area contributed by atoms with Gasteiger partial charge in [-0.15, -0.1) is 12.4 Å². The third-order valence-electron chi connectivity index (χ3n) is 3.75. The number of amides is 1. The van der Waals surface area contributed by atoms with Gasteiger partial charge in [-0.3, -0.25) is 4.79 Å². The molecule has 0 aromatic heterocycles. The Bertz CT molecular complexity index is 541. The van der Waals surface area contributed by atoms with Crippen LogP contribution in [0.5, 0.6) is 11.5 Å². The molecule has 1 saturated heterocycles. The molecule has 0 radical (unpaired) electrons. The molecule has 1 aromatic carbocycles. The van der Waals surface area contributed by atoms with Crippen LogP contribution in [-0.2, 0) is 0 Å². The van der Waals surface area contributed by atoms with Crippen molar-refractivity contribution in [2.45, 2.75) is 6.42 Å². The van der Waals surface area contributed by atoms with Gasteiger partial charge in [0.2, 0.25) is 0 Å². The average molecular weight is 378 g/mol. The highest BCUT2D eigenvalue weighted by molar-refractivity contribution is 9.10. The van der Waals surface area contributed by atoms with Crippen LogP contribution in [0, 0.1) is 5.92 Å². The molecule has 5 nitrogen and oxygen atoms in total. The fourth-order valence-corrected chi connectivity index (χ4v) is 3.18. The monoisotopic (exact) mass is 376 g/mol. The summed E-state index contributed by atoms with van der Waals surface area (Å²) >= 11 is 3.44. The SMILES string of the molecule is Cl.NCC1CCN(C(=O)c2cc(Br)c3c(c2)OCCO3)C1. The third kappa shape index (κ3) is 3.27. The Hall–Kier alpha value is -0.980. The van der Waals surface area contributed by atoms with Crippen molar-refractivity contribution in [1.82, 2.24) is 4.90 Å². The molecular formula is C14H18BrClN2O3. The van der Waals surface area contributed by atoms with Crippen LogP contribution in [0.2, 0.25) is 0 Å². The summed E-state index contributed by atoms with van der Waals surface area (Å²) in [7, 11) is 0. The molecule has 1 fully saturated rings. The third-order valence-corrected chi connectivity index (χ3v) is 4.34. The molecule has 1 unspecified atom stereocenters. The molecule has 21 heavy (non-hydrogen) atoms. The zero-order chi connectivity index (χ0) is 14.1. The normalized spacial score (nSPS) is 20.1. The average Bonchev–Trinajstić information content (AvgIpc) is 2.95. The number of halogens is 2. The van der Waals surface area contributed by atoms with Gasteiger partial charge in [-0.2, -0.15) is 0 Å². The largest absolute Gasteiger partial charge is 0.486 e. The quantitative estimate of drug-likeness (QED) is 0.857. The molecule has 2 aliphatic heterocycles. The van der Waals surface area contributed by atoms with Gasteiger partial charge < -0.3 is 20.1 Å². The van der Waals surface area contributed by atoms with Crippen molar-refractivity contribution in [3.8, 4) is 11.5 Å². The maximum absolute atomic E-state index is 12.5. The highest BCUT2D eigenvalue weighted by atomic mass is 79.9. The van der Waals surface area contributed by atoms with Crippen LogP contribution in [0.4, 0.5) is 0 Å². The van der Waals surface area contributed by atoms with Crippen molar-refractivity contribution in [2.24, 2.45) is 11.7 Å². The number of ether oxygens (including phenoxy) is 2. The molecular weight excluding hydrogens is 360 g/mol. The fourth-order valence-electron chi connectivity index (χ4n) is 2.63. The molecule has 1 atom stereocenters. The Morgan fingerprint density at radius 2 is 2.14 bits per heavy atom. The molecule has 2 heterocycles. The number of benzene rings is 1. The lowest BCUT2D eigenvalue weighted by atomic mass is 10.1. The summed E-state index contributed by atoms with van der Waals surface area (Å²) < 4.78 is 11.8. The van der Waals surface area contributed by atoms with E-state index >= 15 is 0 Å². The van der Waals surface area contributed by atoms with Crippen LogP contribution < -0.4 is 15.2 Å². The van der Waals surface area contributed by atoms with Gasteiger partial charge in [0.1, 0.15) is 13.2 Å². The molecule has 2 N–H and O–H groups in total. The molecule has 0 bridgehead atoms. The molecule has 0 saturated carbocycles. The van der Waals surface area contributed by atoms with Crippen molar-refractivity contribution in [3.63, 3.8) is 0 Å². The fraction of sp³-hybridized carbons (Fsp3) is 0.500. The highest BCUT2D eigenvalue weighted by Gasteiger charge is 2.27. The number of carbonyl (C=O) groups is 1. The van der Waals surface area contributed by atoms with E-state index in [-0.39, 0.29) is 18.3 Å². The Kier molecular flexibility index (Phi) is 5.35. The predicted molar refractivity (Wildman–Crippen MR) is 85.4 cm³/mol. The van der Waals surface area contributed by atoms with Crippen LogP contribution in [0.25, 0.3) is 0 Å². The lowest BCUT2D eigenvalue weighted by Gasteiger charge is -2.22. The summed E-state index contributed by atoms with van der Waals surface area (Å²) in [6.07, 6.45) is 0.980. The van der Waals surface area contributed by atoms with E-state index in [1.54, 1.807) is 12.1 Å². The van der Waals surface area contributed by atoms with E-state index < -0.39 is 0 Å². The van der Waals surface area contributed by atoms with Crippen LogP contribution >= 0.6 is 28.3 Å². The molecule has 1 amide bonds. The van der Waals surface area contributed by atoms with Crippen molar-refractivity contribution >= 4 is 34.2 Å². The summed E-state index contributed by atoms with van der Waals surface area (Å²) in [5, 5.41) is 0. The van der Waals surface area contributed by atoms with E-state index in [2.05, 4.69) is 15.9 Å². The number of carbonyl (C=O) groups excluding carboxylic acids is 1. The molecule has 0 spiro atoms. The van der Waals surface area contributed by atoms with Gasteiger partial charge in [0, 0.05) is 18.7 Å². The molecule has 1 aromatic rings. The zero-order valence-electron chi connectivity index (χ0n) is 11.5. The number of fused-ring (bicyclic) bond motifs is 1. The first-order valence-electron chi connectivity index (χ1n) is 6.77. The first-order chi connectivity index (χ1) is 9.69. The van der Waals surface area contributed by atoms with Gasteiger partial charge in [-0.25, -0.2) is 0 Å². The molecule has 3 rings (SSSR count). The number of rotatable bonds is 2. The van der Waals surface area contributed by atoms with E-state index in [1.807, 2.05) is 4.90 Å². The lowest BCUT2D eigenvalue weighted by molar-refractivity contribution is 0.0786. The standard InChI is InChI=1S/C14H17BrN2O3.ClH/c15-11-5-10(6-12-13(11)20-4-3-19-12)14(18)17-2-1-9(7-16)8-17;/h5-6,9H,1-4,7-8,16H2;1H. The van der Waals surface area contributed by atoms with Gasteiger partial charge in [0.25, 0.3) is 5.91 Å². The van der Waals surface area contributed by atoms with Crippen molar-refractivity contribution in [2.75, 3.05) is 32.8 Å². The van der Waals surface area contributed by atoms with Crippen LogP contribution in [0.15, 0.2) is 16.6 Å². The second kappa shape index (κ2) is 6.85. The highest BCUT2D eigenvalue weighted by Crippen LogP contribution is 2.39. The molecule has 7 heteroatoms. The summed E-state index contributed by atoms with van der Waals surface area (Å²) in [5.41, 5.74) is 6.29. The Balaban J connectivity index is 0.00000161. The number of likely N-dealkylation sites (tertiary alicyclic amines) is 1. The van der Waals surface area contributed by atoms with Crippen molar-refractivity contribution in [1.29, 1.82) is 0 Å². The lowest BCUT2D eigenvalue weighted by Crippen LogP contribution is -2.30. The minimum atomic E-state index is 0. The molecule has 116 valence electrons. The van der Waals surface area contributed by atoms with Gasteiger partial charge in [-0.05, 0) is 46.9 Å². The minimum absolute atomic E-state index is 0. The summed E-state index contributed by atoms with van der Waals surface area (Å²) in [6, 6.07) is 3.56. The number of hydrogen-bond donors (Lipinski definition) is 1. The second-order valence-electron chi connectivity index (χ2n) is 5.12. The Labute approximate surface area is 138 Å². The molecule has 0 aliphatic carbocycles. The summed E-state index contributed by atoms with van der Waals surface area (Å²) in [5.74, 6) is 1.75. The first kappa shape index (κ1) is 16.4. The first-order valence-corrected chi connectivity index (χ1v) is 7.57. The maximum Gasteiger partial charge on any atom is 0.254 e. The van der Waals surface area contributed by atoms with Crippen LogP contribution in [-0.4, -0.2) is 43.7 Å². The van der Waals surface area contributed by atoms with E-state index in [0.717, 1.165) is 24.0 Å². The smallest absolute Gasteiger partial charge is 0.254 e. The van der Waals surface area contributed by atoms with Gasteiger partial charge in [0.05, 0.1) is 4.47 Å². The van der Waals surface area contributed by atoms with Gasteiger partial charge in [0.15, 0.2) is 11.5 Å².